The molecule has 6 aliphatic rings. The summed E-state index contributed by atoms with van der Waals surface area (Å²) in [6.45, 7) is 6.29. The maximum Gasteiger partial charge on any atom is 0.524 e. The lowest BCUT2D eigenvalue weighted by Crippen LogP contribution is -3.00. The van der Waals surface area contributed by atoms with Crippen molar-refractivity contribution >= 4 is 36.3 Å². The average Bonchev–Trinajstić information content (AvgIpc) is 3.87. The molecule has 410 valence electrons. The first-order chi connectivity index (χ1) is 35.0. The molecule has 8 rings (SSSR count). The molecule has 5 fully saturated rings. The highest BCUT2D eigenvalue weighted by Crippen LogP contribution is 2.70. The van der Waals surface area contributed by atoms with E-state index in [1.165, 1.54) is 11.6 Å². The molecule has 0 aromatic heterocycles. The molecule has 5 N–H and O–H groups in total. The van der Waals surface area contributed by atoms with Gasteiger partial charge in [0.1, 0.15) is 17.3 Å². The Balaban J connectivity index is 0.00000800. The summed E-state index contributed by atoms with van der Waals surface area (Å²) in [5.41, 5.74) is 0.816. The lowest BCUT2D eigenvalue weighted by Gasteiger charge is -2.59. The van der Waals surface area contributed by atoms with Crippen molar-refractivity contribution < 1.29 is 74.8 Å². The van der Waals surface area contributed by atoms with Crippen LogP contribution in [-0.2, 0) is 61.0 Å². The number of allylic oxidation sites excluding steroid dienone is 4. The van der Waals surface area contributed by atoms with Crippen molar-refractivity contribution in [3.05, 3.63) is 89.0 Å². The van der Waals surface area contributed by atoms with Crippen molar-refractivity contribution in [1.29, 1.82) is 0 Å². The standard InChI is InChI=1S/C57H80NO13PS.ClH/c1-55-27-25-44(59)33-43(55)22-23-45-46-34-51-57(56(46,2)35-47(60)53(45)55,70-54(69-51)40-19-10-7-11-20-40)50(62)37-68-52(63)26-31-73(3)38-42-32-41(21-24-49(42)71-72(64,65)66)48(61)36-58-28-13-4-5-14-29-67-30-15-12-18-39-16-8-6-9-17-39;/h6,8-9,16-17,21,24-25,27,32-33,40,45-48,51,53-54,58,60-61H,4-5,7,10-15,18-20,22-23,26,28-31,34-38H2,1-3H3,(H-,64,65,66);1H/t45-,46-,47-,48?,51+,53+,54+,55-,56-,57+,73?;/m0./s1. The third kappa shape index (κ3) is 13.7. The molecule has 0 radical (unpaired) electrons. The fourth-order valence-electron chi connectivity index (χ4n) is 13.7. The van der Waals surface area contributed by atoms with E-state index in [1.54, 1.807) is 24.3 Å². The van der Waals surface area contributed by atoms with E-state index in [-0.39, 0.29) is 59.8 Å². The summed E-state index contributed by atoms with van der Waals surface area (Å²) in [5.74, 6) is -0.140. The minimum absolute atomic E-state index is 0. The molecule has 1 aliphatic heterocycles. The van der Waals surface area contributed by atoms with E-state index in [2.05, 4.69) is 43.4 Å². The van der Waals surface area contributed by atoms with Crippen LogP contribution in [0.2, 0.25) is 0 Å². The molecule has 2 aromatic carbocycles. The molecule has 74 heavy (non-hydrogen) atoms. The lowest BCUT2D eigenvalue weighted by molar-refractivity contribution is -0.210. The normalized spacial score (nSPS) is 30.3. The number of aliphatic hydroxyl groups is 2. The van der Waals surface area contributed by atoms with Gasteiger partial charge < -0.3 is 51.4 Å². The summed E-state index contributed by atoms with van der Waals surface area (Å²) in [4.78, 5) is 60.3. The molecule has 2 unspecified atom stereocenters. The second kappa shape index (κ2) is 26.2. The van der Waals surface area contributed by atoms with Gasteiger partial charge in [-0.05, 0) is 135 Å². The van der Waals surface area contributed by atoms with Gasteiger partial charge in [-0.2, -0.15) is 0 Å². The minimum Gasteiger partial charge on any atom is -1.00 e. The highest BCUT2D eigenvalue weighted by Gasteiger charge is 2.76. The van der Waals surface area contributed by atoms with Crippen LogP contribution in [0, 0.1) is 34.5 Å². The van der Waals surface area contributed by atoms with E-state index in [0.29, 0.717) is 42.0 Å². The van der Waals surface area contributed by atoms with E-state index in [0.717, 1.165) is 115 Å². The first-order valence-electron chi connectivity index (χ1n) is 27.1. The Morgan fingerprint density at radius 1 is 0.973 bits per heavy atom. The molecule has 2 aromatic rings. The zero-order valence-electron chi connectivity index (χ0n) is 43.6. The van der Waals surface area contributed by atoms with Crippen molar-refractivity contribution in [2.24, 2.45) is 34.5 Å². The average molecular weight is 1090 g/mol. The predicted octanol–water partition coefficient (Wildman–Crippen LogP) is 5.58. The van der Waals surface area contributed by atoms with Crippen LogP contribution in [0.1, 0.15) is 139 Å². The second-order valence-corrected chi connectivity index (χ2v) is 25.7. The molecular formula is C57H81ClNO13PS. The Bertz CT molecular complexity index is 2330. The van der Waals surface area contributed by atoms with E-state index >= 15 is 0 Å². The first-order valence-corrected chi connectivity index (χ1v) is 30.6. The molecule has 4 saturated carbocycles. The molecule has 11 atom stereocenters. The van der Waals surface area contributed by atoms with Gasteiger partial charge in [0, 0.05) is 48.0 Å². The number of fused-ring (bicyclic) bond motifs is 7. The van der Waals surface area contributed by atoms with Gasteiger partial charge in [-0.15, -0.1) is 0 Å². The van der Waals surface area contributed by atoms with Crippen LogP contribution in [0.4, 0.5) is 0 Å². The smallest absolute Gasteiger partial charge is 0.524 e. The molecule has 0 spiro atoms. The number of carbonyl (C=O) groups is 3. The Hall–Kier alpha value is -2.92. The van der Waals surface area contributed by atoms with Crippen molar-refractivity contribution in [3.63, 3.8) is 0 Å². The number of nitrogens with one attached hydrogen (secondary N) is 1. The SMILES string of the molecule is C[S+](CCC(=O)OCC(=O)[C@@]12O[C@H](C3CCCCC3)O[C@@H]1C[C@H]1[C@@H]3CCC4=CC(=O)C=C[C@]4(C)[C@H]3[C@@H](O)C[C@@]12C)Cc1cc(C(O)CNCCCCCCOCCCCc2ccccc2)ccc1OP(=O)(O)O.[Cl-]. The zero-order chi connectivity index (χ0) is 51.8. The molecule has 0 bridgehead atoms. The number of hydrogen-bond donors (Lipinski definition) is 5. The highest BCUT2D eigenvalue weighted by atomic mass is 35.5. The number of ketones is 2. The van der Waals surface area contributed by atoms with E-state index < -0.39 is 72.3 Å². The van der Waals surface area contributed by atoms with Crippen LogP contribution >= 0.6 is 7.82 Å². The number of phosphoric ester groups is 1. The van der Waals surface area contributed by atoms with Crippen molar-refractivity contribution in [1.82, 2.24) is 5.32 Å². The molecule has 1 heterocycles. The van der Waals surface area contributed by atoms with Gasteiger partial charge >= 0.3 is 13.8 Å². The number of rotatable bonds is 26. The number of benzene rings is 2. The van der Waals surface area contributed by atoms with E-state index in [4.69, 9.17) is 23.5 Å². The maximum absolute atomic E-state index is 14.9. The minimum atomic E-state index is -4.90. The maximum atomic E-state index is 14.9. The largest absolute Gasteiger partial charge is 1.00 e. The van der Waals surface area contributed by atoms with Gasteiger partial charge in [-0.1, -0.05) is 94.0 Å². The van der Waals surface area contributed by atoms with Crippen LogP contribution in [0.5, 0.6) is 5.75 Å². The fourth-order valence-corrected chi connectivity index (χ4v) is 15.6. The summed E-state index contributed by atoms with van der Waals surface area (Å²) < 4.78 is 42.5. The van der Waals surface area contributed by atoms with Crippen molar-refractivity contribution in [3.8, 4) is 5.75 Å². The van der Waals surface area contributed by atoms with Crippen LogP contribution < -0.4 is 22.2 Å². The van der Waals surface area contributed by atoms with Gasteiger partial charge in [-0.3, -0.25) is 24.2 Å². The molecule has 5 aliphatic carbocycles. The quantitative estimate of drug-likeness (QED) is 0.0338. The van der Waals surface area contributed by atoms with Crippen LogP contribution in [0.3, 0.4) is 0 Å². The fraction of sp³-hybridized carbons (Fsp3) is 0.667. The molecule has 14 nitrogen and oxygen atoms in total. The van der Waals surface area contributed by atoms with Crippen LogP contribution in [0.25, 0.3) is 0 Å². The monoisotopic (exact) mass is 1090 g/mol. The summed E-state index contributed by atoms with van der Waals surface area (Å²) in [6, 6.07) is 15.3. The van der Waals surface area contributed by atoms with Crippen LogP contribution in [-0.4, -0.2) is 107 Å². The summed E-state index contributed by atoms with van der Waals surface area (Å²) in [5, 5.41) is 26.6. The van der Waals surface area contributed by atoms with E-state index in [9.17, 15) is 38.9 Å². The first kappa shape index (κ1) is 58.8. The zero-order valence-corrected chi connectivity index (χ0v) is 46.1. The van der Waals surface area contributed by atoms with Crippen LogP contribution in [0.15, 0.2) is 72.3 Å². The summed E-state index contributed by atoms with van der Waals surface area (Å²) in [7, 11) is -5.41. The Morgan fingerprint density at radius 3 is 2.47 bits per heavy atom. The van der Waals surface area contributed by atoms with Gasteiger partial charge in [0.2, 0.25) is 5.78 Å². The molecular weight excluding hydrogens is 1010 g/mol. The number of ether oxygens (including phenoxy) is 4. The Kier molecular flexibility index (Phi) is 20.8. The topological polar surface area (TPSA) is 207 Å². The van der Waals surface area contributed by atoms with E-state index in [1.807, 2.05) is 18.4 Å². The third-order valence-corrected chi connectivity index (χ3v) is 19.5. The lowest BCUT2D eigenvalue weighted by atomic mass is 9.46. The van der Waals surface area contributed by atoms with Crippen molar-refractivity contribution in [2.75, 3.05) is 44.9 Å². The number of Topliss-reactive ketones (excluding diaryl/α,β-unsaturated/α-hetero) is 1. The van der Waals surface area contributed by atoms with Crippen molar-refractivity contribution in [2.45, 2.75) is 159 Å². The van der Waals surface area contributed by atoms with Gasteiger partial charge in [0.25, 0.3) is 0 Å². The van der Waals surface area contributed by atoms with Gasteiger partial charge in [-0.25, -0.2) is 4.57 Å². The third-order valence-electron chi connectivity index (χ3n) is 17.4. The Labute approximate surface area is 447 Å². The van der Waals surface area contributed by atoms with Gasteiger partial charge in [0.05, 0.1) is 31.0 Å². The number of hydrogen-bond acceptors (Lipinski definition) is 12. The Morgan fingerprint density at radius 2 is 1.72 bits per heavy atom. The number of phosphoric acid groups is 1. The number of esters is 1. The molecule has 17 heteroatoms. The molecule has 1 saturated heterocycles. The number of halogens is 1. The number of unbranched alkanes of at least 4 members (excludes halogenated alkanes) is 4. The van der Waals surface area contributed by atoms with Gasteiger partial charge in [0.15, 0.2) is 24.3 Å². The summed E-state index contributed by atoms with van der Waals surface area (Å²) >= 11 is 0. The second-order valence-electron chi connectivity index (χ2n) is 22.3. The number of carbonyl (C=O) groups excluding carboxylic acids is 3. The number of aliphatic hydroxyl groups excluding tert-OH is 2. The number of aryl methyl sites for hydroxylation is 1. The highest BCUT2D eigenvalue weighted by molar-refractivity contribution is 7.95. The molecule has 0 amide bonds. The predicted molar refractivity (Wildman–Crippen MR) is 280 cm³/mol. The summed E-state index contributed by atoms with van der Waals surface area (Å²) in [6.07, 6.45) is 19.5.